The molecule has 2 aromatic carbocycles. The second kappa shape index (κ2) is 6.84. The Kier molecular flexibility index (Phi) is 4.64. The molecule has 22 heavy (non-hydrogen) atoms. The molecule has 1 heterocycles. The Morgan fingerprint density at radius 3 is 2.45 bits per heavy atom. The Hall–Kier alpha value is -2.00. The zero-order valence-electron chi connectivity index (χ0n) is 13.5. The molecule has 116 valence electrons. The quantitative estimate of drug-likeness (QED) is 0.861. The summed E-state index contributed by atoms with van der Waals surface area (Å²) in [6.07, 6.45) is 0. The number of nitrogens with zero attached hydrogens (tertiary/aromatic N) is 2. The summed E-state index contributed by atoms with van der Waals surface area (Å²) in [5.74, 6) is 0.930. The van der Waals surface area contributed by atoms with E-state index in [1.807, 2.05) is 6.07 Å². The maximum absolute atomic E-state index is 5.32. The van der Waals surface area contributed by atoms with Crippen LogP contribution in [0.15, 0.2) is 48.5 Å². The molecule has 3 rings (SSSR count). The van der Waals surface area contributed by atoms with Crippen LogP contribution in [0.3, 0.4) is 0 Å². The van der Waals surface area contributed by atoms with Crippen molar-refractivity contribution in [1.29, 1.82) is 0 Å². The van der Waals surface area contributed by atoms with E-state index < -0.39 is 0 Å². The monoisotopic (exact) mass is 296 g/mol. The van der Waals surface area contributed by atoms with Crippen molar-refractivity contribution < 1.29 is 4.74 Å². The minimum atomic E-state index is 0.930. The van der Waals surface area contributed by atoms with E-state index in [9.17, 15) is 0 Å². The van der Waals surface area contributed by atoms with E-state index in [-0.39, 0.29) is 0 Å². The molecule has 1 aliphatic rings. The zero-order chi connectivity index (χ0) is 15.4. The molecule has 0 bridgehead atoms. The average Bonchev–Trinajstić information content (AvgIpc) is 2.56. The number of methoxy groups -OCH3 is 1. The summed E-state index contributed by atoms with van der Waals surface area (Å²) in [5, 5.41) is 0. The first-order valence-electron chi connectivity index (χ1n) is 7.91. The number of piperazine rings is 1. The number of benzene rings is 2. The number of hydrogen-bond donors (Lipinski definition) is 0. The van der Waals surface area contributed by atoms with Crippen LogP contribution >= 0.6 is 0 Å². The van der Waals surface area contributed by atoms with Crippen molar-refractivity contribution in [3.63, 3.8) is 0 Å². The molecule has 1 fully saturated rings. The molecule has 0 aliphatic carbocycles. The van der Waals surface area contributed by atoms with Crippen molar-refractivity contribution in [3.8, 4) is 5.75 Å². The van der Waals surface area contributed by atoms with Crippen molar-refractivity contribution in [2.45, 2.75) is 13.5 Å². The lowest BCUT2D eigenvalue weighted by molar-refractivity contribution is 0.250. The van der Waals surface area contributed by atoms with Crippen LogP contribution in [-0.4, -0.2) is 38.2 Å². The Balaban J connectivity index is 1.58. The molecular formula is C19H24N2O. The highest BCUT2D eigenvalue weighted by Crippen LogP contribution is 2.22. The summed E-state index contributed by atoms with van der Waals surface area (Å²) in [7, 11) is 1.72. The molecule has 3 heteroatoms. The van der Waals surface area contributed by atoms with Crippen molar-refractivity contribution in [2.24, 2.45) is 0 Å². The highest BCUT2D eigenvalue weighted by atomic mass is 16.5. The molecule has 0 amide bonds. The van der Waals surface area contributed by atoms with E-state index in [0.29, 0.717) is 0 Å². The van der Waals surface area contributed by atoms with Gasteiger partial charge in [0.1, 0.15) is 5.75 Å². The van der Waals surface area contributed by atoms with Crippen LogP contribution < -0.4 is 9.64 Å². The van der Waals surface area contributed by atoms with Crippen LogP contribution in [0.5, 0.6) is 5.75 Å². The molecule has 3 nitrogen and oxygen atoms in total. The van der Waals surface area contributed by atoms with Crippen LogP contribution in [0, 0.1) is 6.92 Å². The van der Waals surface area contributed by atoms with Gasteiger partial charge in [0.05, 0.1) is 7.11 Å². The first-order valence-corrected chi connectivity index (χ1v) is 7.91. The minimum Gasteiger partial charge on any atom is -0.497 e. The molecule has 0 spiro atoms. The maximum atomic E-state index is 5.32. The number of anilines is 1. The largest absolute Gasteiger partial charge is 0.497 e. The van der Waals surface area contributed by atoms with Gasteiger partial charge < -0.3 is 9.64 Å². The highest BCUT2D eigenvalue weighted by molar-refractivity contribution is 5.51. The van der Waals surface area contributed by atoms with E-state index in [1.54, 1.807) is 7.11 Å². The Morgan fingerprint density at radius 1 is 0.955 bits per heavy atom. The predicted molar refractivity (Wildman–Crippen MR) is 91.7 cm³/mol. The second-order valence-electron chi connectivity index (χ2n) is 5.95. The van der Waals surface area contributed by atoms with E-state index >= 15 is 0 Å². The third-order valence-electron chi connectivity index (χ3n) is 4.28. The van der Waals surface area contributed by atoms with Gasteiger partial charge in [-0.2, -0.15) is 0 Å². The van der Waals surface area contributed by atoms with Crippen LogP contribution in [0.2, 0.25) is 0 Å². The van der Waals surface area contributed by atoms with Gasteiger partial charge in [-0.15, -0.1) is 0 Å². The summed E-state index contributed by atoms with van der Waals surface area (Å²) < 4.78 is 5.32. The van der Waals surface area contributed by atoms with Crippen molar-refractivity contribution in [2.75, 3.05) is 38.2 Å². The van der Waals surface area contributed by atoms with Gasteiger partial charge in [0, 0.05) is 44.5 Å². The van der Waals surface area contributed by atoms with Gasteiger partial charge in [0.15, 0.2) is 0 Å². The molecule has 0 N–H and O–H groups in total. The molecule has 2 aromatic rings. The van der Waals surface area contributed by atoms with E-state index in [4.69, 9.17) is 4.74 Å². The lowest BCUT2D eigenvalue weighted by atomic mass is 10.1. The fourth-order valence-electron chi connectivity index (χ4n) is 3.04. The van der Waals surface area contributed by atoms with Crippen molar-refractivity contribution >= 4 is 5.69 Å². The van der Waals surface area contributed by atoms with Gasteiger partial charge in [-0.1, -0.05) is 35.9 Å². The molecule has 0 radical (unpaired) electrons. The number of hydrogen-bond acceptors (Lipinski definition) is 3. The highest BCUT2D eigenvalue weighted by Gasteiger charge is 2.17. The Labute approximate surface area is 133 Å². The van der Waals surface area contributed by atoms with E-state index in [2.05, 4.69) is 59.2 Å². The third kappa shape index (κ3) is 3.60. The molecule has 0 saturated carbocycles. The molecule has 1 aliphatic heterocycles. The van der Waals surface area contributed by atoms with E-state index in [1.165, 1.54) is 16.8 Å². The molecule has 0 atom stereocenters. The average molecular weight is 296 g/mol. The third-order valence-corrected chi connectivity index (χ3v) is 4.28. The Bertz CT molecular complexity index is 618. The predicted octanol–water partition coefficient (Wildman–Crippen LogP) is 3.33. The lowest BCUT2D eigenvalue weighted by Gasteiger charge is -2.36. The molecule has 1 saturated heterocycles. The van der Waals surface area contributed by atoms with Crippen LogP contribution in [0.4, 0.5) is 5.69 Å². The van der Waals surface area contributed by atoms with Gasteiger partial charge in [0.2, 0.25) is 0 Å². The van der Waals surface area contributed by atoms with Crippen molar-refractivity contribution in [1.82, 2.24) is 4.90 Å². The standard InChI is InChI=1S/C19H24N2O/c1-16-5-3-6-17(13-16)15-20-9-11-21(12-10-20)18-7-4-8-19(14-18)22-2/h3-8,13-14H,9-12,15H2,1-2H3. The first-order chi connectivity index (χ1) is 10.7. The molecule has 0 unspecified atom stereocenters. The normalized spacial score (nSPS) is 15.8. The Morgan fingerprint density at radius 2 is 1.73 bits per heavy atom. The van der Waals surface area contributed by atoms with Crippen LogP contribution in [-0.2, 0) is 6.54 Å². The van der Waals surface area contributed by atoms with Gasteiger partial charge >= 0.3 is 0 Å². The topological polar surface area (TPSA) is 15.7 Å². The zero-order valence-corrected chi connectivity index (χ0v) is 13.5. The maximum Gasteiger partial charge on any atom is 0.120 e. The lowest BCUT2D eigenvalue weighted by Crippen LogP contribution is -2.45. The first kappa shape index (κ1) is 14.9. The second-order valence-corrected chi connectivity index (χ2v) is 5.95. The molecular weight excluding hydrogens is 272 g/mol. The van der Waals surface area contributed by atoms with Crippen LogP contribution in [0.1, 0.15) is 11.1 Å². The summed E-state index contributed by atoms with van der Waals surface area (Å²) in [4.78, 5) is 4.97. The fourth-order valence-corrected chi connectivity index (χ4v) is 3.04. The summed E-state index contributed by atoms with van der Waals surface area (Å²) >= 11 is 0. The van der Waals surface area contributed by atoms with Crippen LogP contribution in [0.25, 0.3) is 0 Å². The SMILES string of the molecule is COc1cccc(N2CCN(Cc3cccc(C)c3)CC2)c1. The summed E-state index contributed by atoms with van der Waals surface area (Å²) in [5.41, 5.74) is 4.01. The smallest absolute Gasteiger partial charge is 0.120 e. The fraction of sp³-hybridized carbons (Fsp3) is 0.368. The van der Waals surface area contributed by atoms with E-state index in [0.717, 1.165) is 38.5 Å². The van der Waals surface area contributed by atoms with Gasteiger partial charge in [-0.25, -0.2) is 0 Å². The minimum absolute atomic E-state index is 0.930. The van der Waals surface area contributed by atoms with Gasteiger partial charge in [-0.3, -0.25) is 4.90 Å². The molecule has 0 aromatic heterocycles. The summed E-state index contributed by atoms with van der Waals surface area (Å²) in [6.45, 7) is 7.55. The van der Waals surface area contributed by atoms with Gasteiger partial charge in [0.25, 0.3) is 0 Å². The number of rotatable bonds is 4. The van der Waals surface area contributed by atoms with Crippen molar-refractivity contribution in [3.05, 3.63) is 59.7 Å². The number of aryl methyl sites for hydroxylation is 1. The van der Waals surface area contributed by atoms with Gasteiger partial charge in [-0.05, 0) is 24.6 Å². The number of ether oxygens (including phenoxy) is 1. The summed E-state index contributed by atoms with van der Waals surface area (Å²) in [6, 6.07) is 17.2.